The molecule has 1 unspecified atom stereocenters. The Morgan fingerprint density at radius 3 is 2.22 bits per heavy atom. The molecule has 2 N–H and O–H groups in total. The lowest BCUT2D eigenvalue weighted by Gasteiger charge is -2.14. The Morgan fingerprint density at radius 2 is 1.56 bits per heavy atom. The Morgan fingerprint density at radius 1 is 0.889 bits per heavy atom. The molecule has 0 aromatic heterocycles. The van der Waals surface area contributed by atoms with E-state index in [0.717, 1.165) is 12.1 Å². The van der Waals surface area contributed by atoms with Gasteiger partial charge in [-0.2, -0.15) is 0 Å². The van der Waals surface area contributed by atoms with Crippen molar-refractivity contribution >= 4 is 11.6 Å². The fraction of sp³-hybridized carbons (Fsp3) is 0.0769. The predicted octanol–water partition coefficient (Wildman–Crippen LogP) is 3.81. The minimum Gasteiger partial charge on any atom is -0.320 e. The van der Waals surface area contributed by atoms with Gasteiger partial charge < -0.3 is 5.73 Å². The van der Waals surface area contributed by atoms with Gasteiger partial charge in [-0.1, -0.05) is 29.8 Å². The van der Waals surface area contributed by atoms with Crippen molar-refractivity contribution in [2.75, 3.05) is 0 Å². The zero-order valence-electron chi connectivity index (χ0n) is 9.13. The first-order valence-electron chi connectivity index (χ1n) is 5.15. The van der Waals surface area contributed by atoms with E-state index in [1.165, 1.54) is 18.2 Å². The molecule has 0 aliphatic heterocycles. The van der Waals surface area contributed by atoms with Gasteiger partial charge in [-0.25, -0.2) is 13.2 Å². The van der Waals surface area contributed by atoms with Gasteiger partial charge >= 0.3 is 0 Å². The number of halogens is 4. The highest BCUT2D eigenvalue weighted by atomic mass is 35.5. The molecule has 0 saturated heterocycles. The molecule has 2 aromatic rings. The summed E-state index contributed by atoms with van der Waals surface area (Å²) in [5, 5.41) is -0.336. The highest BCUT2D eigenvalue weighted by Gasteiger charge is 2.19. The maximum Gasteiger partial charge on any atom is 0.142 e. The zero-order valence-corrected chi connectivity index (χ0v) is 9.89. The molecule has 0 heterocycles. The molecular formula is C13H9ClF3N. The predicted molar refractivity (Wildman–Crippen MR) is 63.8 cm³/mol. The van der Waals surface area contributed by atoms with Crippen LogP contribution in [0, 0.1) is 17.5 Å². The zero-order chi connectivity index (χ0) is 13.3. The number of hydrogen-bond donors (Lipinski definition) is 1. The van der Waals surface area contributed by atoms with Gasteiger partial charge in [0.05, 0.1) is 11.1 Å². The fourth-order valence-corrected chi connectivity index (χ4v) is 1.82. The van der Waals surface area contributed by atoms with Crippen LogP contribution < -0.4 is 5.73 Å². The number of hydrogen-bond acceptors (Lipinski definition) is 1. The standard InChI is InChI=1S/C13H9ClF3N/c14-9-6-11(16)8(5-12(9)17)13(18)7-3-1-2-4-10(7)15/h1-6,13H,18H2. The summed E-state index contributed by atoms with van der Waals surface area (Å²) in [5.74, 6) is -2.13. The van der Waals surface area contributed by atoms with Crippen molar-refractivity contribution in [1.82, 2.24) is 0 Å². The van der Waals surface area contributed by atoms with E-state index in [9.17, 15) is 13.2 Å². The third-order valence-corrected chi connectivity index (χ3v) is 2.90. The van der Waals surface area contributed by atoms with Gasteiger partial charge in [0.1, 0.15) is 17.5 Å². The van der Waals surface area contributed by atoms with Crippen molar-refractivity contribution in [3.05, 3.63) is 70.0 Å². The molecular weight excluding hydrogens is 263 g/mol. The van der Waals surface area contributed by atoms with Crippen LogP contribution >= 0.6 is 11.6 Å². The molecule has 0 bridgehead atoms. The van der Waals surface area contributed by atoms with Crippen molar-refractivity contribution in [2.45, 2.75) is 6.04 Å². The highest BCUT2D eigenvalue weighted by Crippen LogP contribution is 2.27. The lowest BCUT2D eigenvalue weighted by atomic mass is 9.98. The van der Waals surface area contributed by atoms with Crippen molar-refractivity contribution in [3.8, 4) is 0 Å². The lowest BCUT2D eigenvalue weighted by Crippen LogP contribution is -2.15. The first kappa shape index (κ1) is 12.9. The molecule has 0 spiro atoms. The van der Waals surface area contributed by atoms with E-state index in [4.69, 9.17) is 17.3 Å². The molecule has 0 aliphatic rings. The molecule has 0 amide bonds. The summed E-state index contributed by atoms with van der Waals surface area (Å²) in [6.45, 7) is 0. The molecule has 1 nitrogen and oxygen atoms in total. The molecule has 2 rings (SSSR count). The van der Waals surface area contributed by atoms with Crippen molar-refractivity contribution < 1.29 is 13.2 Å². The average Bonchev–Trinajstić information content (AvgIpc) is 2.33. The monoisotopic (exact) mass is 271 g/mol. The Labute approximate surface area is 107 Å². The van der Waals surface area contributed by atoms with Crippen LogP contribution in [0.25, 0.3) is 0 Å². The number of rotatable bonds is 2. The second kappa shape index (κ2) is 5.00. The van der Waals surface area contributed by atoms with Gasteiger partial charge in [-0.05, 0) is 18.2 Å². The van der Waals surface area contributed by atoms with Crippen LogP contribution in [0.4, 0.5) is 13.2 Å². The lowest BCUT2D eigenvalue weighted by molar-refractivity contribution is 0.563. The summed E-state index contributed by atoms with van der Waals surface area (Å²) in [7, 11) is 0. The molecule has 0 fully saturated rings. The van der Waals surface area contributed by atoms with Gasteiger partial charge in [-0.15, -0.1) is 0 Å². The van der Waals surface area contributed by atoms with Crippen molar-refractivity contribution in [3.63, 3.8) is 0 Å². The molecule has 0 radical (unpaired) electrons. The van der Waals surface area contributed by atoms with Crippen LogP contribution in [0.3, 0.4) is 0 Å². The van der Waals surface area contributed by atoms with Gasteiger partial charge in [0, 0.05) is 11.1 Å². The van der Waals surface area contributed by atoms with E-state index in [-0.39, 0.29) is 16.1 Å². The van der Waals surface area contributed by atoms with Crippen molar-refractivity contribution in [2.24, 2.45) is 5.73 Å². The Balaban J connectivity index is 2.50. The average molecular weight is 272 g/mol. The van der Waals surface area contributed by atoms with E-state index in [2.05, 4.69) is 0 Å². The highest BCUT2D eigenvalue weighted by molar-refractivity contribution is 6.30. The Kier molecular flexibility index (Phi) is 3.59. The van der Waals surface area contributed by atoms with Crippen LogP contribution in [0.5, 0.6) is 0 Å². The minimum atomic E-state index is -1.09. The van der Waals surface area contributed by atoms with Crippen LogP contribution in [0.15, 0.2) is 36.4 Å². The number of benzene rings is 2. The topological polar surface area (TPSA) is 26.0 Å². The summed E-state index contributed by atoms with van der Waals surface area (Å²) in [6, 6.07) is 6.32. The quantitative estimate of drug-likeness (QED) is 0.826. The van der Waals surface area contributed by atoms with E-state index in [1.54, 1.807) is 6.07 Å². The van der Waals surface area contributed by atoms with E-state index in [1.807, 2.05) is 0 Å². The molecule has 0 saturated carbocycles. The van der Waals surface area contributed by atoms with Crippen LogP contribution in [0.2, 0.25) is 5.02 Å². The Hall–Kier alpha value is -1.52. The van der Waals surface area contributed by atoms with E-state index >= 15 is 0 Å². The largest absolute Gasteiger partial charge is 0.320 e. The van der Waals surface area contributed by atoms with Gasteiger partial charge in [0.2, 0.25) is 0 Å². The second-order valence-electron chi connectivity index (χ2n) is 3.79. The summed E-state index contributed by atoms with van der Waals surface area (Å²) in [4.78, 5) is 0. The van der Waals surface area contributed by atoms with Gasteiger partial charge in [0.25, 0.3) is 0 Å². The van der Waals surface area contributed by atoms with E-state index in [0.29, 0.717) is 0 Å². The smallest absolute Gasteiger partial charge is 0.142 e. The minimum absolute atomic E-state index is 0.0955. The molecule has 18 heavy (non-hydrogen) atoms. The SMILES string of the molecule is NC(c1ccccc1F)c1cc(F)c(Cl)cc1F. The summed E-state index contributed by atoms with van der Waals surface area (Å²) >= 11 is 5.44. The third-order valence-electron chi connectivity index (χ3n) is 2.61. The first-order valence-corrected chi connectivity index (χ1v) is 5.53. The van der Waals surface area contributed by atoms with Crippen LogP contribution in [-0.4, -0.2) is 0 Å². The molecule has 2 aromatic carbocycles. The summed E-state index contributed by atoms with van der Waals surface area (Å²) in [6.07, 6.45) is 0. The maximum absolute atomic E-state index is 13.6. The fourth-order valence-electron chi connectivity index (χ4n) is 1.67. The van der Waals surface area contributed by atoms with Gasteiger partial charge in [-0.3, -0.25) is 0 Å². The second-order valence-corrected chi connectivity index (χ2v) is 4.19. The molecule has 1 atom stereocenters. The van der Waals surface area contributed by atoms with Crippen molar-refractivity contribution in [1.29, 1.82) is 0 Å². The number of nitrogens with two attached hydrogens (primary N) is 1. The first-order chi connectivity index (χ1) is 8.50. The van der Waals surface area contributed by atoms with E-state index < -0.39 is 23.5 Å². The molecule has 94 valence electrons. The molecule has 5 heteroatoms. The summed E-state index contributed by atoms with van der Waals surface area (Å²) < 4.78 is 40.4. The summed E-state index contributed by atoms with van der Waals surface area (Å²) in [5.41, 5.74) is 5.71. The maximum atomic E-state index is 13.6. The van der Waals surface area contributed by atoms with Gasteiger partial charge in [0.15, 0.2) is 0 Å². The van der Waals surface area contributed by atoms with Crippen LogP contribution in [-0.2, 0) is 0 Å². The Bertz CT molecular complexity index is 586. The normalized spacial score (nSPS) is 12.5. The third kappa shape index (κ3) is 2.35. The molecule has 0 aliphatic carbocycles. The van der Waals surface area contributed by atoms with Crippen LogP contribution in [0.1, 0.15) is 17.2 Å².